The molecule has 0 radical (unpaired) electrons. The molecule has 0 aliphatic heterocycles. The second-order valence-corrected chi connectivity index (χ2v) is 4.70. The number of fused-ring (bicyclic) bond motifs is 1. The minimum atomic E-state index is -0.182. The molecule has 0 saturated carbocycles. The molecule has 0 atom stereocenters. The lowest BCUT2D eigenvalue weighted by Gasteiger charge is -2.05. The van der Waals surface area contributed by atoms with Crippen LogP contribution in [0.3, 0.4) is 0 Å². The van der Waals surface area contributed by atoms with Crippen LogP contribution in [-0.2, 0) is 13.5 Å². The minimum Gasteiger partial charge on any atom is -0.330 e. The number of aryl methyl sites for hydroxylation is 1. The van der Waals surface area contributed by atoms with E-state index in [-0.39, 0.29) is 5.56 Å². The largest absolute Gasteiger partial charge is 0.330 e. The summed E-state index contributed by atoms with van der Waals surface area (Å²) in [6, 6.07) is 5.71. The van der Waals surface area contributed by atoms with E-state index in [2.05, 4.69) is 15.3 Å². The van der Waals surface area contributed by atoms with Gasteiger partial charge in [0.1, 0.15) is 0 Å². The summed E-state index contributed by atoms with van der Waals surface area (Å²) in [6.45, 7) is 0.491. The molecule has 0 bridgehead atoms. The lowest BCUT2D eigenvalue weighted by atomic mass is 10.0. The van der Waals surface area contributed by atoms with E-state index in [9.17, 15) is 4.79 Å². The highest BCUT2D eigenvalue weighted by Crippen LogP contribution is 2.23. The fraction of sp³-hybridized carbons (Fsp3) is 0.214. The molecule has 1 aromatic carbocycles. The Labute approximate surface area is 115 Å². The van der Waals surface area contributed by atoms with Gasteiger partial charge in [-0.15, -0.1) is 0 Å². The average molecular weight is 269 g/mol. The molecule has 2 aromatic heterocycles. The minimum absolute atomic E-state index is 0.182. The summed E-state index contributed by atoms with van der Waals surface area (Å²) in [4.78, 5) is 11.8. The molecule has 102 valence electrons. The molecular weight excluding hydrogens is 254 g/mol. The van der Waals surface area contributed by atoms with Crippen molar-refractivity contribution in [1.82, 2.24) is 20.0 Å². The van der Waals surface area contributed by atoms with Crippen molar-refractivity contribution < 1.29 is 0 Å². The third-order valence-electron chi connectivity index (χ3n) is 3.29. The lowest BCUT2D eigenvalue weighted by Crippen LogP contribution is -2.13. The zero-order chi connectivity index (χ0) is 14.1. The van der Waals surface area contributed by atoms with Crippen molar-refractivity contribution in [2.45, 2.75) is 6.42 Å². The van der Waals surface area contributed by atoms with Crippen LogP contribution in [0.5, 0.6) is 0 Å². The summed E-state index contributed by atoms with van der Waals surface area (Å²) in [5.41, 5.74) is 8.25. The van der Waals surface area contributed by atoms with Gasteiger partial charge >= 0.3 is 0 Å². The smallest absolute Gasteiger partial charge is 0.272 e. The van der Waals surface area contributed by atoms with Crippen molar-refractivity contribution in [3.05, 3.63) is 46.6 Å². The molecule has 0 spiro atoms. The Bertz CT molecular complexity index is 818. The summed E-state index contributed by atoms with van der Waals surface area (Å²) >= 11 is 0. The quantitative estimate of drug-likeness (QED) is 0.736. The van der Waals surface area contributed by atoms with E-state index >= 15 is 0 Å². The molecule has 20 heavy (non-hydrogen) atoms. The molecule has 3 aromatic rings. The van der Waals surface area contributed by atoms with E-state index in [0.29, 0.717) is 18.4 Å². The second-order valence-electron chi connectivity index (χ2n) is 4.70. The SMILES string of the molecule is Cn1cc(-c2ccc3c(=O)[nH]nc(CCN)c3c2)cn1. The maximum absolute atomic E-state index is 11.8. The Morgan fingerprint density at radius 3 is 2.85 bits per heavy atom. The number of H-pyrrole nitrogens is 1. The van der Waals surface area contributed by atoms with Crippen LogP contribution >= 0.6 is 0 Å². The molecule has 0 amide bonds. The van der Waals surface area contributed by atoms with Crippen molar-refractivity contribution in [3.63, 3.8) is 0 Å². The topological polar surface area (TPSA) is 89.6 Å². The molecule has 0 unspecified atom stereocenters. The van der Waals surface area contributed by atoms with Crippen molar-refractivity contribution in [3.8, 4) is 11.1 Å². The third kappa shape index (κ3) is 2.10. The first-order valence-electron chi connectivity index (χ1n) is 6.39. The molecule has 0 aliphatic carbocycles. The summed E-state index contributed by atoms with van der Waals surface area (Å²) < 4.78 is 1.75. The van der Waals surface area contributed by atoms with Gasteiger partial charge in [-0.05, 0) is 24.2 Å². The number of hydrogen-bond donors (Lipinski definition) is 2. The van der Waals surface area contributed by atoms with Crippen LogP contribution in [0, 0.1) is 0 Å². The predicted molar refractivity (Wildman–Crippen MR) is 77.3 cm³/mol. The fourth-order valence-corrected chi connectivity index (χ4v) is 2.30. The van der Waals surface area contributed by atoms with E-state index in [1.54, 1.807) is 10.9 Å². The monoisotopic (exact) mass is 269 g/mol. The Hall–Kier alpha value is -2.47. The Kier molecular flexibility index (Phi) is 3.08. The van der Waals surface area contributed by atoms with E-state index in [4.69, 9.17) is 5.73 Å². The number of hydrogen-bond acceptors (Lipinski definition) is 4. The van der Waals surface area contributed by atoms with Crippen LogP contribution in [0.4, 0.5) is 0 Å². The zero-order valence-electron chi connectivity index (χ0n) is 11.1. The highest BCUT2D eigenvalue weighted by molar-refractivity contribution is 5.88. The van der Waals surface area contributed by atoms with Gasteiger partial charge in [-0.1, -0.05) is 6.07 Å². The zero-order valence-corrected chi connectivity index (χ0v) is 11.1. The molecule has 0 fully saturated rings. The van der Waals surface area contributed by atoms with Crippen molar-refractivity contribution in [1.29, 1.82) is 0 Å². The number of rotatable bonds is 3. The Morgan fingerprint density at radius 1 is 1.30 bits per heavy atom. The van der Waals surface area contributed by atoms with Crippen molar-refractivity contribution in [2.24, 2.45) is 12.8 Å². The van der Waals surface area contributed by atoms with Crippen LogP contribution in [0.1, 0.15) is 5.69 Å². The number of aromatic nitrogens is 4. The van der Waals surface area contributed by atoms with Crippen LogP contribution < -0.4 is 11.3 Å². The number of benzene rings is 1. The third-order valence-corrected chi connectivity index (χ3v) is 3.29. The van der Waals surface area contributed by atoms with Crippen molar-refractivity contribution in [2.75, 3.05) is 6.54 Å². The standard InChI is InChI=1S/C14H15N5O/c1-19-8-10(7-16-19)9-2-3-11-12(6-9)13(4-5-15)17-18-14(11)20/h2-3,6-8H,4-5,15H2,1H3,(H,18,20). The van der Waals surface area contributed by atoms with Crippen molar-refractivity contribution >= 4 is 10.8 Å². The second kappa shape index (κ2) is 4.90. The number of nitrogens with two attached hydrogens (primary N) is 1. The Balaban J connectivity index is 2.23. The lowest BCUT2D eigenvalue weighted by molar-refractivity contribution is 0.768. The fourth-order valence-electron chi connectivity index (χ4n) is 2.30. The van der Waals surface area contributed by atoms with E-state index in [0.717, 1.165) is 22.2 Å². The van der Waals surface area contributed by atoms with E-state index in [1.807, 2.05) is 31.4 Å². The van der Waals surface area contributed by atoms with Gasteiger partial charge in [0, 0.05) is 30.6 Å². The molecular formula is C14H15N5O. The van der Waals surface area contributed by atoms with Crippen LogP contribution in [-0.4, -0.2) is 26.5 Å². The number of aromatic amines is 1. The molecule has 2 heterocycles. The van der Waals surface area contributed by atoms with E-state index in [1.165, 1.54) is 0 Å². The molecule has 0 aliphatic rings. The number of nitrogens with zero attached hydrogens (tertiary/aromatic N) is 3. The normalized spacial score (nSPS) is 11.1. The highest BCUT2D eigenvalue weighted by atomic mass is 16.1. The average Bonchev–Trinajstić information content (AvgIpc) is 2.88. The maximum Gasteiger partial charge on any atom is 0.272 e. The number of nitrogens with one attached hydrogen (secondary N) is 1. The molecule has 6 nitrogen and oxygen atoms in total. The molecule has 6 heteroatoms. The van der Waals surface area contributed by atoms with Gasteiger partial charge in [0.2, 0.25) is 0 Å². The van der Waals surface area contributed by atoms with Crippen LogP contribution in [0.2, 0.25) is 0 Å². The Morgan fingerprint density at radius 2 is 2.15 bits per heavy atom. The first-order valence-corrected chi connectivity index (χ1v) is 6.39. The predicted octanol–water partition coefficient (Wildman–Crippen LogP) is 0.825. The highest BCUT2D eigenvalue weighted by Gasteiger charge is 2.08. The van der Waals surface area contributed by atoms with E-state index < -0.39 is 0 Å². The van der Waals surface area contributed by atoms with Crippen LogP contribution in [0.25, 0.3) is 21.9 Å². The first-order chi connectivity index (χ1) is 9.69. The van der Waals surface area contributed by atoms with Gasteiger partial charge in [0.25, 0.3) is 5.56 Å². The van der Waals surface area contributed by atoms with Gasteiger partial charge in [0.05, 0.1) is 17.3 Å². The molecule has 3 N–H and O–H groups in total. The first kappa shape index (κ1) is 12.6. The summed E-state index contributed by atoms with van der Waals surface area (Å²) in [5, 5.41) is 12.3. The molecule has 3 rings (SSSR count). The van der Waals surface area contributed by atoms with Gasteiger partial charge < -0.3 is 5.73 Å². The van der Waals surface area contributed by atoms with Gasteiger partial charge in [-0.2, -0.15) is 10.2 Å². The summed E-state index contributed by atoms with van der Waals surface area (Å²) in [5.74, 6) is 0. The summed E-state index contributed by atoms with van der Waals surface area (Å²) in [6.07, 6.45) is 4.36. The summed E-state index contributed by atoms with van der Waals surface area (Å²) in [7, 11) is 1.87. The maximum atomic E-state index is 11.8. The van der Waals surface area contributed by atoms with Gasteiger partial charge in [0.15, 0.2) is 0 Å². The van der Waals surface area contributed by atoms with Gasteiger partial charge in [-0.25, -0.2) is 5.10 Å². The molecule has 0 saturated heterocycles. The van der Waals surface area contributed by atoms with Crippen LogP contribution in [0.15, 0.2) is 35.4 Å². The van der Waals surface area contributed by atoms with Gasteiger partial charge in [-0.3, -0.25) is 9.48 Å².